The monoisotopic (exact) mass is 439 g/mol. The number of hydrogen-bond acceptors (Lipinski definition) is 7. The molecule has 0 bridgehead atoms. The van der Waals surface area contributed by atoms with Crippen molar-refractivity contribution in [1.82, 2.24) is 0 Å². The van der Waals surface area contributed by atoms with Crippen molar-refractivity contribution in [1.29, 1.82) is 0 Å². The second-order valence-electron chi connectivity index (χ2n) is 7.30. The number of unbranched alkanes of at least 4 members (excludes halogenated alkanes) is 12. The van der Waals surface area contributed by atoms with E-state index in [0.29, 0.717) is 6.42 Å². The van der Waals surface area contributed by atoms with E-state index in [1.54, 1.807) is 0 Å². The Morgan fingerprint density at radius 1 is 0.929 bits per heavy atom. The molecule has 8 heteroatoms. The molecule has 6 nitrogen and oxygen atoms in total. The first-order valence-electron chi connectivity index (χ1n) is 10.8. The van der Waals surface area contributed by atoms with Crippen LogP contribution in [0.15, 0.2) is 0 Å². The van der Waals surface area contributed by atoms with Crippen molar-refractivity contribution in [3.05, 3.63) is 0 Å². The van der Waals surface area contributed by atoms with Crippen molar-refractivity contribution >= 4 is 25.4 Å². The van der Waals surface area contributed by atoms with Gasteiger partial charge in [-0.25, -0.2) is 9.42 Å². The minimum absolute atomic E-state index is 0.0108. The summed E-state index contributed by atoms with van der Waals surface area (Å²) in [6.45, 7) is 2.06. The Labute approximate surface area is 177 Å². The molecule has 0 aromatic carbocycles. The second-order valence-corrected chi connectivity index (χ2v) is 9.88. The Morgan fingerprint density at radius 3 is 1.82 bits per heavy atom. The quantitative estimate of drug-likeness (QED) is 0.128. The Kier molecular flexibility index (Phi) is 19.1. The predicted octanol–water partition coefficient (Wildman–Crippen LogP) is 4.62. The van der Waals surface area contributed by atoms with Crippen LogP contribution in [-0.2, 0) is 31.0 Å². The van der Waals surface area contributed by atoms with E-state index in [9.17, 15) is 9.69 Å². The topological polar surface area (TPSA) is 88.1 Å². The van der Waals surface area contributed by atoms with Crippen molar-refractivity contribution in [3.63, 3.8) is 0 Å². The standard InChI is InChI=1S/C20H41O6PS/c1-3-4-5-6-7-8-9-10-11-12-13-14-15-16-20(21)25-17-19(24-2)18-26-27(22,23)28/h19H,3-18H2,1-2H3,(H2,22,23,28)/p-1. The van der Waals surface area contributed by atoms with E-state index in [2.05, 4.69) is 23.7 Å². The van der Waals surface area contributed by atoms with Gasteiger partial charge in [0.05, 0.1) is 0 Å². The third-order valence-electron chi connectivity index (χ3n) is 4.67. The SMILES string of the molecule is CCCCCCCCCCCCCCCC(=O)OCC(CO[P+]([O-])(O)[S-])OC. The van der Waals surface area contributed by atoms with Gasteiger partial charge in [-0.15, -0.1) is 0 Å². The molecule has 0 aliphatic carbocycles. The predicted molar refractivity (Wildman–Crippen MR) is 115 cm³/mol. The molecule has 28 heavy (non-hydrogen) atoms. The molecule has 2 atom stereocenters. The van der Waals surface area contributed by atoms with E-state index in [1.165, 1.54) is 71.3 Å². The number of rotatable bonds is 20. The van der Waals surface area contributed by atoms with Crippen LogP contribution in [0.4, 0.5) is 0 Å². The highest BCUT2D eigenvalue weighted by Gasteiger charge is 2.16. The Balaban J connectivity index is 3.43. The Morgan fingerprint density at radius 2 is 1.39 bits per heavy atom. The highest BCUT2D eigenvalue weighted by Crippen LogP contribution is 2.42. The van der Waals surface area contributed by atoms with Crippen LogP contribution in [-0.4, -0.2) is 37.3 Å². The van der Waals surface area contributed by atoms with Gasteiger partial charge in [0.15, 0.2) is 0 Å². The van der Waals surface area contributed by atoms with Crippen LogP contribution in [0.3, 0.4) is 0 Å². The lowest BCUT2D eigenvalue weighted by Gasteiger charge is -2.28. The summed E-state index contributed by atoms with van der Waals surface area (Å²) in [5.74, 6) is -0.282. The molecule has 0 heterocycles. The summed E-state index contributed by atoms with van der Waals surface area (Å²) in [6, 6.07) is 0. The summed E-state index contributed by atoms with van der Waals surface area (Å²) < 4.78 is 14.8. The molecule has 0 saturated carbocycles. The number of carbonyl (C=O) groups is 1. The van der Waals surface area contributed by atoms with Gasteiger partial charge in [0.2, 0.25) is 0 Å². The molecule has 0 spiro atoms. The lowest BCUT2D eigenvalue weighted by molar-refractivity contribution is -0.206. The summed E-state index contributed by atoms with van der Waals surface area (Å²) >= 11 is 4.25. The van der Waals surface area contributed by atoms with Crippen LogP contribution in [0.2, 0.25) is 0 Å². The maximum Gasteiger partial charge on any atom is 0.305 e. The van der Waals surface area contributed by atoms with Crippen molar-refractivity contribution < 1.29 is 28.6 Å². The largest absolute Gasteiger partial charge is 0.649 e. The first kappa shape index (κ1) is 28.1. The molecule has 0 saturated heterocycles. The maximum absolute atomic E-state index is 11.7. The van der Waals surface area contributed by atoms with Crippen LogP contribution < -0.4 is 4.89 Å². The van der Waals surface area contributed by atoms with Gasteiger partial charge in [0.25, 0.3) is 0 Å². The zero-order chi connectivity index (χ0) is 21.1. The van der Waals surface area contributed by atoms with Gasteiger partial charge in [-0.1, -0.05) is 84.0 Å². The van der Waals surface area contributed by atoms with Crippen molar-refractivity contribution in [3.8, 4) is 0 Å². The number of hydrogen-bond donors (Lipinski definition) is 1. The van der Waals surface area contributed by atoms with E-state index in [0.717, 1.165) is 19.3 Å². The van der Waals surface area contributed by atoms with Crippen LogP contribution in [0.25, 0.3) is 0 Å². The van der Waals surface area contributed by atoms with Gasteiger partial charge in [-0.2, -0.15) is 0 Å². The molecule has 0 radical (unpaired) electrons. The minimum Gasteiger partial charge on any atom is -0.649 e. The van der Waals surface area contributed by atoms with Crippen LogP contribution in [0.5, 0.6) is 0 Å². The molecular formula is C20H40O6PS-. The molecule has 0 aromatic heterocycles. The summed E-state index contributed by atoms with van der Waals surface area (Å²) in [5, 5.41) is 0. The smallest absolute Gasteiger partial charge is 0.305 e. The van der Waals surface area contributed by atoms with E-state index in [1.807, 2.05) is 0 Å². The van der Waals surface area contributed by atoms with Crippen molar-refractivity contribution in [2.24, 2.45) is 0 Å². The van der Waals surface area contributed by atoms with Crippen molar-refractivity contribution in [2.75, 3.05) is 20.3 Å². The lowest BCUT2D eigenvalue weighted by atomic mass is 10.0. The molecule has 0 amide bonds. The summed E-state index contributed by atoms with van der Waals surface area (Å²) in [5.41, 5.74) is 0. The van der Waals surface area contributed by atoms with Gasteiger partial charge in [0.1, 0.15) is 26.5 Å². The molecule has 1 N–H and O–H groups in total. The van der Waals surface area contributed by atoms with E-state index >= 15 is 0 Å². The number of carbonyl (C=O) groups excluding carboxylic acids is 1. The van der Waals surface area contributed by atoms with Gasteiger partial charge >= 0.3 is 5.97 Å². The van der Waals surface area contributed by atoms with E-state index in [-0.39, 0.29) is 19.2 Å². The molecular weight excluding hydrogens is 399 g/mol. The third-order valence-corrected chi connectivity index (χ3v) is 5.46. The minimum atomic E-state index is -3.96. The summed E-state index contributed by atoms with van der Waals surface area (Å²) in [4.78, 5) is 31.5. The zero-order valence-electron chi connectivity index (χ0n) is 17.7. The maximum atomic E-state index is 11.7. The fraction of sp³-hybridized carbons (Fsp3) is 0.950. The number of ether oxygens (including phenoxy) is 2. The number of esters is 1. The molecule has 0 aromatic rings. The molecule has 0 aliphatic heterocycles. The molecule has 2 unspecified atom stereocenters. The fourth-order valence-corrected chi connectivity index (χ4v) is 3.44. The number of methoxy groups -OCH3 is 1. The van der Waals surface area contributed by atoms with E-state index in [4.69, 9.17) is 14.4 Å². The van der Waals surface area contributed by atoms with Gasteiger partial charge in [-0.3, -0.25) is 4.79 Å². The summed E-state index contributed by atoms with van der Waals surface area (Å²) in [6.07, 6.45) is 16.2. The molecule has 0 fully saturated rings. The van der Waals surface area contributed by atoms with Gasteiger partial charge in [-0.05, 0) is 6.42 Å². The van der Waals surface area contributed by atoms with Gasteiger partial charge in [0, 0.05) is 13.5 Å². The normalized spacial score (nSPS) is 14.6. The second kappa shape index (κ2) is 19.1. The van der Waals surface area contributed by atoms with Gasteiger partial charge < -0.3 is 26.6 Å². The lowest BCUT2D eigenvalue weighted by Crippen LogP contribution is -2.27. The molecule has 168 valence electrons. The van der Waals surface area contributed by atoms with E-state index < -0.39 is 13.2 Å². The highest BCUT2D eigenvalue weighted by molar-refractivity contribution is 8.34. The first-order chi connectivity index (χ1) is 13.4. The Hall–Kier alpha value is 0.0900. The summed E-state index contributed by atoms with van der Waals surface area (Å²) in [7, 11) is -2.54. The van der Waals surface area contributed by atoms with Crippen LogP contribution >= 0.6 is 7.15 Å². The van der Waals surface area contributed by atoms with Crippen LogP contribution in [0.1, 0.15) is 96.8 Å². The molecule has 0 aliphatic rings. The average Bonchev–Trinajstić information content (AvgIpc) is 2.64. The third kappa shape index (κ3) is 20.8. The fourth-order valence-electron chi connectivity index (χ4n) is 2.91. The highest BCUT2D eigenvalue weighted by atomic mass is 32.7. The molecule has 0 rings (SSSR count). The first-order valence-corrected chi connectivity index (χ1v) is 13.3. The van der Waals surface area contributed by atoms with Crippen LogP contribution in [0, 0.1) is 0 Å². The Bertz CT molecular complexity index is 365. The zero-order valence-corrected chi connectivity index (χ0v) is 19.4. The average molecular weight is 440 g/mol. The van der Waals surface area contributed by atoms with Crippen molar-refractivity contribution in [2.45, 2.75) is 103 Å².